The summed E-state index contributed by atoms with van der Waals surface area (Å²) in [7, 11) is 0. The molecule has 5 heteroatoms. The van der Waals surface area contributed by atoms with Crippen LogP contribution in [0.15, 0.2) is 36.4 Å². The molecule has 1 aliphatic rings. The topological polar surface area (TPSA) is 41.1 Å². The van der Waals surface area contributed by atoms with Crippen molar-refractivity contribution in [2.45, 2.75) is 19.4 Å². The van der Waals surface area contributed by atoms with Crippen molar-refractivity contribution in [3.8, 4) is 0 Å². The molecule has 0 saturated carbocycles. The van der Waals surface area contributed by atoms with Crippen molar-refractivity contribution in [3.05, 3.63) is 59.2 Å². The molecule has 21 heavy (non-hydrogen) atoms. The van der Waals surface area contributed by atoms with Gasteiger partial charge in [0.25, 0.3) is 0 Å². The third-order valence-electron chi connectivity index (χ3n) is 3.59. The van der Waals surface area contributed by atoms with Gasteiger partial charge in [0.2, 0.25) is 5.91 Å². The first-order chi connectivity index (χ1) is 10.0. The molecule has 2 N–H and O–H groups in total. The van der Waals surface area contributed by atoms with E-state index >= 15 is 0 Å². The van der Waals surface area contributed by atoms with Gasteiger partial charge in [-0.1, -0.05) is 18.2 Å². The standard InChI is InChI=1S/C16H14F2N2O/c1-9-6-12(18)14(8-11(9)17)20-16(21)15-7-10-4-2-3-5-13(10)19-15/h2-6,8,15,19H,7H2,1H3,(H,20,21). The average molecular weight is 288 g/mol. The summed E-state index contributed by atoms with van der Waals surface area (Å²) in [6.07, 6.45) is 0.526. The number of rotatable bonds is 2. The number of aryl methyl sites for hydroxylation is 1. The lowest BCUT2D eigenvalue weighted by molar-refractivity contribution is -0.116. The molecule has 1 aliphatic heterocycles. The number of fused-ring (bicyclic) bond motifs is 1. The van der Waals surface area contributed by atoms with E-state index in [1.807, 2.05) is 24.3 Å². The van der Waals surface area contributed by atoms with Gasteiger partial charge in [0.05, 0.1) is 5.69 Å². The number of amides is 1. The fourth-order valence-corrected chi connectivity index (χ4v) is 2.42. The minimum absolute atomic E-state index is 0.138. The Kier molecular flexibility index (Phi) is 3.33. The van der Waals surface area contributed by atoms with E-state index in [0.717, 1.165) is 23.4 Å². The van der Waals surface area contributed by atoms with E-state index in [1.54, 1.807) is 0 Å². The van der Waals surface area contributed by atoms with Crippen LogP contribution in [-0.4, -0.2) is 11.9 Å². The summed E-state index contributed by atoms with van der Waals surface area (Å²) < 4.78 is 27.2. The highest BCUT2D eigenvalue weighted by molar-refractivity contribution is 5.98. The van der Waals surface area contributed by atoms with Crippen molar-refractivity contribution in [1.29, 1.82) is 0 Å². The first-order valence-corrected chi connectivity index (χ1v) is 6.65. The van der Waals surface area contributed by atoms with E-state index < -0.39 is 17.7 Å². The maximum atomic E-state index is 13.7. The highest BCUT2D eigenvalue weighted by atomic mass is 19.1. The molecule has 1 amide bonds. The molecular formula is C16H14F2N2O. The summed E-state index contributed by atoms with van der Waals surface area (Å²) in [4.78, 5) is 12.2. The Bertz CT molecular complexity index is 690. The molecule has 2 aromatic carbocycles. The van der Waals surface area contributed by atoms with Gasteiger partial charge in [-0.3, -0.25) is 4.79 Å². The van der Waals surface area contributed by atoms with E-state index in [1.165, 1.54) is 6.92 Å². The van der Waals surface area contributed by atoms with Crippen LogP contribution in [0.5, 0.6) is 0 Å². The predicted octanol–water partition coefficient (Wildman–Crippen LogP) is 3.25. The monoisotopic (exact) mass is 288 g/mol. The zero-order valence-corrected chi connectivity index (χ0v) is 11.4. The summed E-state index contributed by atoms with van der Waals surface area (Å²) >= 11 is 0. The minimum atomic E-state index is -0.641. The van der Waals surface area contributed by atoms with E-state index in [2.05, 4.69) is 10.6 Å². The van der Waals surface area contributed by atoms with Gasteiger partial charge in [-0.15, -0.1) is 0 Å². The summed E-state index contributed by atoms with van der Waals surface area (Å²) in [5.41, 5.74) is 2.00. The molecule has 2 aromatic rings. The lowest BCUT2D eigenvalue weighted by atomic mass is 10.1. The first-order valence-electron chi connectivity index (χ1n) is 6.65. The van der Waals surface area contributed by atoms with Gasteiger partial charge in [-0.05, 0) is 30.2 Å². The second kappa shape index (κ2) is 5.16. The molecule has 1 unspecified atom stereocenters. The smallest absolute Gasteiger partial charge is 0.247 e. The molecule has 0 aromatic heterocycles. The van der Waals surface area contributed by atoms with E-state index in [-0.39, 0.29) is 17.2 Å². The summed E-state index contributed by atoms with van der Waals surface area (Å²) in [6, 6.07) is 9.19. The summed E-state index contributed by atoms with van der Waals surface area (Å²) in [5.74, 6) is -1.57. The van der Waals surface area contributed by atoms with Gasteiger partial charge in [0.1, 0.15) is 17.7 Å². The number of carbonyl (C=O) groups is 1. The molecule has 0 aliphatic carbocycles. The lowest BCUT2D eigenvalue weighted by Crippen LogP contribution is -2.33. The highest BCUT2D eigenvalue weighted by Gasteiger charge is 2.27. The van der Waals surface area contributed by atoms with Gasteiger partial charge in [0.15, 0.2) is 0 Å². The molecule has 0 spiro atoms. The lowest BCUT2D eigenvalue weighted by Gasteiger charge is -2.13. The van der Waals surface area contributed by atoms with Crippen LogP contribution in [0.3, 0.4) is 0 Å². The van der Waals surface area contributed by atoms with Crippen LogP contribution in [0.25, 0.3) is 0 Å². The highest BCUT2D eigenvalue weighted by Crippen LogP contribution is 2.26. The number of para-hydroxylation sites is 1. The van der Waals surface area contributed by atoms with Crippen LogP contribution in [0.4, 0.5) is 20.2 Å². The van der Waals surface area contributed by atoms with Crippen LogP contribution in [-0.2, 0) is 11.2 Å². The average Bonchev–Trinajstić information content (AvgIpc) is 2.88. The number of halogens is 2. The second-order valence-electron chi connectivity index (χ2n) is 5.13. The molecule has 0 saturated heterocycles. The predicted molar refractivity (Wildman–Crippen MR) is 77.3 cm³/mol. The van der Waals surface area contributed by atoms with Crippen LogP contribution in [0.1, 0.15) is 11.1 Å². The van der Waals surface area contributed by atoms with Gasteiger partial charge < -0.3 is 10.6 Å². The zero-order chi connectivity index (χ0) is 15.0. The molecule has 3 nitrogen and oxygen atoms in total. The third-order valence-corrected chi connectivity index (χ3v) is 3.59. The number of carbonyl (C=O) groups excluding carboxylic acids is 1. The maximum absolute atomic E-state index is 13.7. The Balaban J connectivity index is 1.75. The zero-order valence-electron chi connectivity index (χ0n) is 11.4. The molecule has 0 bridgehead atoms. The van der Waals surface area contributed by atoms with Gasteiger partial charge in [-0.25, -0.2) is 8.78 Å². The number of hydrogen-bond acceptors (Lipinski definition) is 2. The largest absolute Gasteiger partial charge is 0.373 e. The molecule has 108 valence electrons. The van der Waals surface area contributed by atoms with Gasteiger partial charge in [0, 0.05) is 18.2 Å². The summed E-state index contributed by atoms with van der Waals surface area (Å²) in [5, 5.41) is 5.51. The van der Waals surface area contributed by atoms with Crippen LogP contribution in [0.2, 0.25) is 0 Å². The number of benzene rings is 2. The molecule has 0 radical (unpaired) electrons. The number of anilines is 2. The molecule has 1 atom stereocenters. The van der Waals surface area contributed by atoms with Gasteiger partial charge in [-0.2, -0.15) is 0 Å². The molecule has 1 heterocycles. The Morgan fingerprint density at radius 1 is 1.24 bits per heavy atom. The third kappa shape index (κ3) is 2.59. The Morgan fingerprint density at radius 2 is 2.00 bits per heavy atom. The van der Waals surface area contributed by atoms with Crippen molar-refractivity contribution < 1.29 is 13.6 Å². The first kappa shape index (κ1) is 13.5. The van der Waals surface area contributed by atoms with Crippen molar-refractivity contribution >= 4 is 17.3 Å². The fourth-order valence-electron chi connectivity index (χ4n) is 2.42. The van der Waals surface area contributed by atoms with Crippen molar-refractivity contribution in [2.75, 3.05) is 10.6 Å². The van der Waals surface area contributed by atoms with Crippen molar-refractivity contribution in [2.24, 2.45) is 0 Å². The molecule has 0 fully saturated rings. The van der Waals surface area contributed by atoms with E-state index in [0.29, 0.717) is 6.42 Å². The van der Waals surface area contributed by atoms with Gasteiger partial charge >= 0.3 is 0 Å². The van der Waals surface area contributed by atoms with Crippen LogP contribution >= 0.6 is 0 Å². The van der Waals surface area contributed by atoms with E-state index in [4.69, 9.17) is 0 Å². The Labute approximate surface area is 121 Å². The maximum Gasteiger partial charge on any atom is 0.247 e. The quantitative estimate of drug-likeness (QED) is 0.890. The van der Waals surface area contributed by atoms with E-state index in [9.17, 15) is 13.6 Å². The number of nitrogens with one attached hydrogen (secondary N) is 2. The Hall–Kier alpha value is -2.43. The van der Waals surface area contributed by atoms with Crippen LogP contribution < -0.4 is 10.6 Å². The second-order valence-corrected chi connectivity index (χ2v) is 5.13. The minimum Gasteiger partial charge on any atom is -0.373 e. The number of hydrogen-bond donors (Lipinski definition) is 2. The summed E-state index contributed by atoms with van der Waals surface area (Å²) in [6.45, 7) is 1.47. The SMILES string of the molecule is Cc1cc(F)c(NC(=O)C2Cc3ccccc3N2)cc1F. The fraction of sp³-hybridized carbons (Fsp3) is 0.188. The molecule has 3 rings (SSSR count). The van der Waals surface area contributed by atoms with Crippen LogP contribution in [0, 0.1) is 18.6 Å². The van der Waals surface area contributed by atoms with Crippen molar-refractivity contribution in [1.82, 2.24) is 0 Å². The Morgan fingerprint density at radius 3 is 2.76 bits per heavy atom. The molecular weight excluding hydrogens is 274 g/mol. The normalized spacial score (nSPS) is 16.2. The van der Waals surface area contributed by atoms with Crippen molar-refractivity contribution in [3.63, 3.8) is 0 Å².